The number of rotatable bonds is 4. The summed E-state index contributed by atoms with van der Waals surface area (Å²) in [5, 5.41) is 23.9. The van der Waals surface area contributed by atoms with Crippen LogP contribution in [0.2, 0.25) is 0 Å². The summed E-state index contributed by atoms with van der Waals surface area (Å²) in [6.45, 7) is 1.08. The maximum absolute atomic E-state index is 12.9. The molecule has 8 nitrogen and oxygen atoms in total. The number of benzene rings is 1. The minimum atomic E-state index is -1.36. The first-order valence-electron chi connectivity index (χ1n) is 9.21. The molecule has 1 aliphatic heterocycles. The predicted octanol–water partition coefficient (Wildman–Crippen LogP) is 1.67. The van der Waals surface area contributed by atoms with Crippen LogP contribution >= 0.6 is 0 Å². The molecule has 8 heteroatoms. The van der Waals surface area contributed by atoms with Crippen molar-refractivity contribution in [2.24, 2.45) is 0 Å². The standard InChI is InChI=1S/C20H21N5O3/c1-19(15-7-5-6-14(10-15)11-21)17(27)25(18(28)24-19)12-16(26)23-20(13-22)8-3-2-4-9-20/h5-7,10H,2-4,8-9,12H2,1H3,(H,23,26)(H,24,28). The lowest BCUT2D eigenvalue weighted by Crippen LogP contribution is -2.52. The van der Waals surface area contributed by atoms with Crippen molar-refractivity contribution in [2.45, 2.75) is 50.1 Å². The first-order valence-corrected chi connectivity index (χ1v) is 9.21. The van der Waals surface area contributed by atoms with Gasteiger partial charge >= 0.3 is 6.03 Å². The number of hydrogen-bond acceptors (Lipinski definition) is 5. The number of carbonyl (C=O) groups excluding carboxylic acids is 3. The Balaban J connectivity index is 1.76. The number of imide groups is 1. The van der Waals surface area contributed by atoms with Gasteiger partial charge in [-0.05, 0) is 37.5 Å². The summed E-state index contributed by atoms with van der Waals surface area (Å²) < 4.78 is 0. The Labute approximate surface area is 163 Å². The van der Waals surface area contributed by atoms with E-state index >= 15 is 0 Å². The Hall–Kier alpha value is -3.39. The fourth-order valence-corrected chi connectivity index (χ4v) is 3.81. The van der Waals surface area contributed by atoms with Crippen molar-refractivity contribution < 1.29 is 14.4 Å². The lowest BCUT2D eigenvalue weighted by atomic mass is 9.83. The number of amides is 4. The zero-order valence-electron chi connectivity index (χ0n) is 15.6. The van der Waals surface area contributed by atoms with Crippen LogP contribution in [-0.4, -0.2) is 34.8 Å². The number of nitriles is 2. The van der Waals surface area contributed by atoms with Gasteiger partial charge in [0.15, 0.2) is 0 Å². The minimum Gasteiger partial charge on any atom is -0.336 e. The molecule has 1 unspecified atom stereocenters. The largest absolute Gasteiger partial charge is 0.336 e. The van der Waals surface area contributed by atoms with Crippen molar-refractivity contribution in [1.29, 1.82) is 10.5 Å². The molecule has 1 heterocycles. The van der Waals surface area contributed by atoms with E-state index in [1.165, 1.54) is 6.07 Å². The third-order valence-corrected chi connectivity index (χ3v) is 5.45. The van der Waals surface area contributed by atoms with E-state index in [0.29, 0.717) is 24.0 Å². The van der Waals surface area contributed by atoms with Crippen molar-refractivity contribution >= 4 is 17.8 Å². The molecule has 0 bridgehead atoms. The second-order valence-corrected chi connectivity index (χ2v) is 7.44. The summed E-state index contributed by atoms with van der Waals surface area (Å²) in [6, 6.07) is 9.92. The van der Waals surface area contributed by atoms with Gasteiger partial charge in [0.1, 0.15) is 17.6 Å². The van der Waals surface area contributed by atoms with Crippen LogP contribution in [0.3, 0.4) is 0 Å². The van der Waals surface area contributed by atoms with Crippen molar-refractivity contribution in [1.82, 2.24) is 15.5 Å². The van der Waals surface area contributed by atoms with Gasteiger partial charge in [-0.15, -0.1) is 0 Å². The molecule has 1 aromatic rings. The highest BCUT2D eigenvalue weighted by Crippen LogP contribution is 2.30. The van der Waals surface area contributed by atoms with Gasteiger partial charge in [-0.1, -0.05) is 31.4 Å². The van der Waals surface area contributed by atoms with Crippen LogP contribution in [-0.2, 0) is 15.1 Å². The summed E-state index contributed by atoms with van der Waals surface area (Å²) in [5.41, 5.74) is -1.46. The normalized spacial score (nSPS) is 23.5. The average Bonchev–Trinajstić information content (AvgIpc) is 2.92. The van der Waals surface area contributed by atoms with Gasteiger partial charge in [-0.3, -0.25) is 14.5 Å². The van der Waals surface area contributed by atoms with Gasteiger partial charge in [0.25, 0.3) is 5.91 Å². The third-order valence-electron chi connectivity index (χ3n) is 5.45. The zero-order chi connectivity index (χ0) is 20.4. The van der Waals surface area contributed by atoms with Gasteiger partial charge < -0.3 is 10.6 Å². The van der Waals surface area contributed by atoms with Crippen molar-refractivity contribution in [3.05, 3.63) is 35.4 Å². The highest BCUT2D eigenvalue weighted by molar-refractivity contribution is 6.09. The first-order chi connectivity index (χ1) is 13.3. The monoisotopic (exact) mass is 379 g/mol. The smallest absolute Gasteiger partial charge is 0.325 e. The van der Waals surface area contributed by atoms with E-state index in [1.54, 1.807) is 25.1 Å². The molecular weight excluding hydrogens is 358 g/mol. The van der Waals surface area contributed by atoms with Crippen molar-refractivity contribution in [2.75, 3.05) is 6.54 Å². The molecule has 28 heavy (non-hydrogen) atoms. The maximum atomic E-state index is 12.9. The van der Waals surface area contributed by atoms with E-state index in [0.717, 1.165) is 24.2 Å². The molecule has 1 saturated heterocycles. The quantitative estimate of drug-likeness (QED) is 0.770. The van der Waals surface area contributed by atoms with E-state index < -0.39 is 35.5 Å². The Bertz CT molecular complexity index is 907. The van der Waals surface area contributed by atoms with Gasteiger partial charge in [-0.25, -0.2) is 4.79 Å². The molecule has 4 amide bonds. The summed E-state index contributed by atoms with van der Waals surface area (Å²) in [6.07, 6.45) is 3.85. The molecule has 2 aliphatic rings. The number of urea groups is 1. The number of carbonyl (C=O) groups is 3. The van der Waals surface area contributed by atoms with Gasteiger partial charge in [-0.2, -0.15) is 10.5 Å². The number of nitrogens with zero attached hydrogens (tertiary/aromatic N) is 3. The maximum Gasteiger partial charge on any atom is 0.325 e. The van der Waals surface area contributed by atoms with Crippen LogP contribution in [0.25, 0.3) is 0 Å². The number of hydrogen-bond donors (Lipinski definition) is 2. The van der Waals surface area contributed by atoms with E-state index in [4.69, 9.17) is 5.26 Å². The predicted molar refractivity (Wildman–Crippen MR) is 98.3 cm³/mol. The molecule has 0 radical (unpaired) electrons. The van der Waals surface area contributed by atoms with Crippen molar-refractivity contribution in [3.8, 4) is 12.1 Å². The van der Waals surface area contributed by atoms with Crippen LogP contribution in [0.1, 0.15) is 50.2 Å². The van der Waals surface area contributed by atoms with Crippen LogP contribution in [0, 0.1) is 22.7 Å². The molecular formula is C20H21N5O3. The molecule has 1 aromatic carbocycles. The van der Waals surface area contributed by atoms with Crippen LogP contribution < -0.4 is 10.6 Å². The fraction of sp³-hybridized carbons (Fsp3) is 0.450. The molecule has 144 valence electrons. The van der Waals surface area contributed by atoms with E-state index in [2.05, 4.69) is 16.7 Å². The second-order valence-electron chi connectivity index (χ2n) is 7.44. The van der Waals surface area contributed by atoms with Gasteiger partial charge in [0, 0.05) is 0 Å². The summed E-state index contributed by atoms with van der Waals surface area (Å²) in [4.78, 5) is 38.7. The lowest BCUT2D eigenvalue weighted by molar-refractivity contribution is -0.135. The Morgan fingerprint density at radius 2 is 1.96 bits per heavy atom. The third kappa shape index (κ3) is 3.41. The Kier molecular flexibility index (Phi) is 5.06. The van der Waals surface area contributed by atoms with Crippen LogP contribution in [0.15, 0.2) is 24.3 Å². The zero-order valence-corrected chi connectivity index (χ0v) is 15.6. The highest BCUT2D eigenvalue weighted by atomic mass is 16.2. The van der Waals surface area contributed by atoms with Crippen molar-refractivity contribution in [3.63, 3.8) is 0 Å². The topological polar surface area (TPSA) is 126 Å². The van der Waals surface area contributed by atoms with Gasteiger partial charge in [0.05, 0.1) is 17.7 Å². The fourth-order valence-electron chi connectivity index (χ4n) is 3.81. The first kappa shape index (κ1) is 19.4. The molecule has 1 saturated carbocycles. The molecule has 1 aliphatic carbocycles. The summed E-state index contributed by atoms with van der Waals surface area (Å²) in [7, 11) is 0. The summed E-state index contributed by atoms with van der Waals surface area (Å²) in [5.74, 6) is -1.11. The minimum absolute atomic E-state index is 0.366. The molecule has 3 rings (SSSR count). The molecule has 2 fully saturated rings. The summed E-state index contributed by atoms with van der Waals surface area (Å²) >= 11 is 0. The van der Waals surface area contributed by atoms with E-state index in [1.807, 2.05) is 6.07 Å². The van der Waals surface area contributed by atoms with Crippen LogP contribution in [0.5, 0.6) is 0 Å². The highest BCUT2D eigenvalue weighted by Gasteiger charge is 2.50. The molecule has 2 N–H and O–H groups in total. The van der Waals surface area contributed by atoms with E-state index in [-0.39, 0.29) is 0 Å². The molecule has 1 atom stereocenters. The Morgan fingerprint density at radius 1 is 1.25 bits per heavy atom. The molecule has 0 spiro atoms. The second kappa shape index (κ2) is 7.32. The van der Waals surface area contributed by atoms with Crippen LogP contribution in [0.4, 0.5) is 4.79 Å². The SMILES string of the molecule is CC1(c2cccc(C#N)c2)NC(=O)N(CC(=O)NC2(C#N)CCCCC2)C1=O. The number of nitrogens with one attached hydrogen (secondary N) is 2. The lowest BCUT2D eigenvalue weighted by Gasteiger charge is -2.32. The average molecular weight is 379 g/mol. The Morgan fingerprint density at radius 3 is 2.61 bits per heavy atom. The van der Waals surface area contributed by atoms with E-state index in [9.17, 15) is 19.6 Å². The van der Waals surface area contributed by atoms with Gasteiger partial charge in [0.2, 0.25) is 5.91 Å². The molecule has 0 aromatic heterocycles.